The predicted octanol–water partition coefficient (Wildman–Crippen LogP) is 1.79. The van der Waals surface area contributed by atoms with E-state index >= 15 is 0 Å². The summed E-state index contributed by atoms with van der Waals surface area (Å²) in [5, 5.41) is 9.60. The van der Waals surface area contributed by atoms with E-state index in [1.807, 2.05) is 0 Å². The van der Waals surface area contributed by atoms with E-state index in [9.17, 15) is 0 Å². The summed E-state index contributed by atoms with van der Waals surface area (Å²) in [4.78, 5) is 0. The lowest BCUT2D eigenvalue weighted by Gasteiger charge is -2.03. The number of rotatable bonds is 4. The molecule has 1 nitrogen and oxygen atoms in total. The van der Waals surface area contributed by atoms with Crippen LogP contribution in [0.2, 0.25) is 0 Å². The van der Waals surface area contributed by atoms with Crippen LogP contribution >= 0.6 is 15.9 Å². The maximum absolute atomic E-state index is 8.55. The van der Waals surface area contributed by atoms with Crippen LogP contribution in [0, 0.1) is 5.92 Å². The Morgan fingerprint density at radius 1 is 1.62 bits per heavy atom. The average molecular weight is 181 g/mol. The van der Waals surface area contributed by atoms with Gasteiger partial charge in [0, 0.05) is 11.9 Å². The van der Waals surface area contributed by atoms with Crippen molar-refractivity contribution < 1.29 is 5.11 Å². The van der Waals surface area contributed by atoms with Gasteiger partial charge in [0.25, 0.3) is 0 Å². The Bertz CT molecular complexity index is 47.8. The maximum atomic E-state index is 8.55. The summed E-state index contributed by atoms with van der Waals surface area (Å²) in [6, 6.07) is 0. The summed E-state index contributed by atoms with van der Waals surface area (Å²) in [7, 11) is 0. The molecular weight excluding hydrogens is 168 g/mol. The number of aliphatic hydroxyl groups is 1. The van der Waals surface area contributed by atoms with E-state index in [0.717, 1.165) is 11.8 Å². The lowest BCUT2D eigenvalue weighted by atomic mass is 10.1. The second kappa shape index (κ2) is 5.57. The van der Waals surface area contributed by atoms with E-state index in [1.54, 1.807) is 0 Å². The minimum absolute atomic E-state index is 0.326. The third-order valence-electron chi connectivity index (χ3n) is 1.14. The summed E-state index contributed by atoms with van der Waals surface area (Å²) in [5.74, 6) is 0.479. The fourth-order valence-electron chi connectivity index (χ4n) is 0.517. The lowest BCUT2D eigenvalue weighted by molar-refractivity contribution is 0.230. The zero-order valence-electron chi connectivity index (χ0n) is 5.23. The van der Waals surface area contributed by atoms with Crippen LogP contribution in [0.1, 0.15) is 19.8 Å². The molecule has 0 aliphatic carbocycles. The van der Waals surface area contributed by atoms with Crippen LogP contribution < -0.4 is 0 Å². The lowest BCUT2D eigenvalue weighted by Crippen LogP contribution is -1.99. The van der Waals surface area contributed by atoms with E-state index in [0.29, 0.717) is 12.5 Å². The zero-order chi connectivity index (χ0) is 6.41. The van der Waals surface area contributed by atoms with Crippen LogP contribution in [-0.4, -0.2) is 17.0 Å². The fourth-order valence-corrected chi connectivity index (χ4v) is 0.841. The van der Waals surface area contributed by atoms with Gasteiger partial charge in [-0.05, 0) is 18.8 Å². The van der Waals surface area contributed by atoms with Crippen molar-refractivity contribution in [3.05, 3.63) is 0 Å². The summed E-state index contributed by atoms with van der Waals surface area (Å²) in [5.41, 5.74) is 0. The second-order valence-electron chi connectivity index (χ2n) is 2.12. The molecule has 0 fully saturated rings. The van der Waals surface area contributed by atoms with Gasteiger partial charge in [-0.15, -0.1) is 0 Å². The van der Waals surface area contributed by atoms with Gasteiger partial charge in [-0.25, -0.2) is 0 Å². The first-order chi connectivity index (χ1) is 3.81. The second-order valence-corrected chi connectivity index (χ2v) is 2.91. The van der Waals surface area contributed by atoms with Gasteiger partial charge < -0.3 is 5.11 Å². The van der Waals surface area contributed by atoms with Gasteiger partial charge in [-0.3, -0.25) is 0 Å². The Morgan fingerprint density at radius 3 is 2.62 bits per heavy atom. The van der Waals surface area contributed by atoms with Crippen molar-refractivity contribution in [1.29, 1.82) is 0 Å². The Labute approximate surface area is 59.2 Å². The average Bonchev–Trinajstić information content (AvgIpc) is 1.83. The van der Waals surface area contributed by atoms with Crippen molar-refractivity contribution in [2.75, 3.05) is 11.9 Å². The molecule has 0 aliphatic heterocycles. The molecule has 0 rings (SSSR count). The van der Waals surface area contributed by atoms with Crippen LogP contribution in [-0.2, 0) is 0 Å². The maximum Gasteiger partial charge on any atom is 0.0456 e. The van der Waals surface area contributed by atoms with Crippen molar-refractivity contribution in [2.24, 2.45) is 5.92 Å². The molecule has 0 aromatic carbocycles. The van der Waals surface area contributed by atoms with Crippen LogP contribution in [0.4, 0.5) is 0 Å². The minimum Gasteiger partial charge on any atom is -0.396 e. The van der Waals surface area contributed by atoms with E-state index in [2.05, 4.69) is 22.9 Å². The van der Waals surface area contributed by atoms with E-state index in [1.165, 1.54) is 6.42 Å². The molecule has 0 aliphatic rings. The largest absolute Gasteiger partial charge is 0.396 e. The van der Waals surface area contributed by atoms with Crippen molar-refractivity contribution in [1.82, 2.24) is 0 Å². The molecule has 0 saturated carbocycles. The van der Waals surface area contributed by atoms with Crippen LogP contribution in [0.15, 0.2) is 0 Å². The first kappa shape index (κ1) is 8.44. The third kappa shape index (κ3) is 4.60. The number of halogens is 1. The SMILES string of the molecule is C[C@H](CO)CCCBr. The molecular formula is C6H13BrO. The van der Waals surface area contributed by atoms with Gasteiger partial charge in [-0.2, -0.15) is 0 Å². The minimum atomic E-state index is 0.326. The normalized spacial score (nSPS) is 13.9. The molecule has 0 radical (unpaired) electrons. The molecule has 0 aromatic heterocycles. The van der Waals surface area contributed by atoms with Gasteiger partial charge in [0.2, 0.25) is 0 Å². The number of hydrogen-bond donors (Lipinski definition) is 1. The summed E-state index contributed by atoms with van der Waals surface area (Å²) in [6.07, 6.45) is 2.30. The van der Waals surface area contributed by atoms with Crippen molar-refractivity contribution in [2.45, 2.75) is 19.8 Å². The molecule has 0 unspecified atom stereocenters. The molecule has 0 bridgehead atoms. The van der Waals surface area contributed by atoms with Gasteiger partial charge in [0.15, 0.2) is 0 Å². The first-order valence-electron chi connectivity index (χ1n) is 2.98. The Kier molecular flexibility index (Phi) is 5.88. The summed E-state index contributed by atoms with van der Waals surface area (Å²) < 4.78 is 0. The molecule has 1 N–H and O–H groups in total. The highest BCUT2D eigenvalue weighted by atomic mass is 79.9. The fraction of sp³-hybridized carbons (Fsp3) is 1.00. The van der Waals surface area contributed by atoms with Crippen LogP contribution in [0.25, 0.3) is 0 Å². The van der Waals surface area contributed by atoms with Crippen molar-refractivity contribution in [3.8, 4) is 0 Å². The van der Waals surface area contributed by atoms with E-state index in [-0.39, 0.29) is 0 Å². The highest BCUT2D eigenvalue weighted by Crippen LogP contribution is 2.04. The van der Waals surface area contributed by atoms with Crippen molar-refractivity contribution >= 4 is 15.9 Å². The van der Waals surface area contributed by atoms with Gasteiger partial charge in [0.1, 0.15) is 0 Å². The highest BCUT2D eigenvalue weighted by Gasteiger charge is 1.96. The molecule has 2 heteroatoms. The van der Waals surface area contributed by atoms with Crippen LogP contribution in [0.3, 0.4) is 0 Å². The van der Waals surface area contributed by atoms with E-state index in [4.69, 9.17) is 5.11 Å². The topological polar surface area (TPSA) is 20.2 Å². The number of alkyl halides is 1. The van der Waals surface area contributed by atoms with Gasteiger partial charge >= 0.3 is 0 Å². The molecule has 8 heavy (non-hydrogen) atoms. The Hall–Kier alpha value is 0.440. The highest BCUT2D eigenvalue weighted by molar-refractivity contribution is 9.09. The van der Waals surface area contributed by atoms with E-state index < -0.39 is 0 Å². The monoisotopic (exact) mass is 180 g/mol. The standard InChI is InChI=1S/C6H13BrO/c1-6(5-8)3-2-4-7/h6,8H,2-5H2,1H3/t6-/m0/s1. The first-order valence-corrected chi connectivity index (χ1v) is 4.10. The van der Waals surface area contributed by atoms with Gasteiger partial charge in [-0.1, -0.05) is 22.9 Å². The molecule has 0 saturated heterocycles. The Balaban J connectivity index is 2.86. The summed E-state index contributed by atoms with van der Waals surface area (Å²) >= 11 is 3.33. The van der Waals surface area contributed by atoms with Gasteiger partial charge in [0.05, 0.1) is 0 Å². The Morgan fingerprint density at radius 2 is 2.25 bits per heavy atom. The molecule has 0 aromatic rings. The molecule has 0 spiro atoms. The molecule has 1 atom stereocenters. The number of aliphatic hydroxyl groups excluding tert-OH is 1. The third-order valence-corrected chi connectivity index (χ3v) is 1.70. The smallest absolute Gasteiger partial charge is 0.0456 e. The number of hydrogen-bond acceptors (Lipinski definition) is 1. The van der Waals surface area contributed by atoms with Crippen LogP contribution in [0.5, 0.6) is 0 Å². The quantitative estimate of drug-likeness (QED) is 0.655. The molecule has 50 valence electrons. The predicted molar refractivity (Wildman–Crippen MR) is 39.3 cm³/mol. The molecule has 0 heterocycles. The summed E-state index contributed by atoms with van der Waals surface area (Å²) in [6.45, 7) is 2.38. The van der Waals surface area contributed by atoms with Crippen molar-refractivity contribution in [3.63, 3.8) is 0 Å². The zero-order valence-corrected chi connectivity index (χ0v) is 6.82. The molecule has 0 amide bonds.